The Labute approximate surface area is 192 Å². The molecule has 0 spiro atoms. The standard InChI is InChI=1S/C21H17Cl2FN2O4S/c22-13-7-14(23)9-16(8-13)25-18(27)10-30-20(29)17-11-31-21(6-5-19(28)26(17)21)12-1-3-15(24)4-2-12/h1-4,7-9,17H,5-6,10-11H2,(H,25,27). The molecule has 0 aliphatic carbocycles. The van der Waals surface area contributed by atoms with Gasteiger partial charge in [-0.25, -0.2) is 9.18 Å². The second kappa shape index (κ2) is 8.68. The van der Waals surface area contributed by atoms with Gasteiger partial charge in [0.2, 0.25) is 5.91 Å². The van der Waals surface area contributed by atoms with E-state index in [1.165, 1.54) is 47.0 Å². The van der Waals surface area contributed by atoms with Crippen LogP contribution >= 0.6 is 35.0 Å². The van der Waals surface area contributed by atoms with Crippen LogP contribution in [-0.2, 0) is 24.0 Å². The van der Waals surface area contributed by atoms with Gasteiger partial charge < -0.3 is 15.0 Å². The first-order chi connectivity index (χ1) is 14.8. The van der Waals surface area contributed by atoms with E-state index in [1.807, 2.05) is 0 Å². The largest absolute Gasteiger partial charge is 0.454 e. The van der Waals surface area contributed by atoms with Crippen LogP contribution in [0.25, 0.3) is 0 Å². The maximum atomic E-state index is 13.4. The maximum Gasteiger partial charge on any atom is 0.330 e. The third kappa shape index (κ3) is 4.37. The molecule has 2 aromatic rings. The molecule has 162 valence electrons. The number of fused-ring (bicyclic) bond motifs is 1. The quantitative estimate of drug-likeness (QED) is 0.646. The topological polar surface area (TPSA) is 75.7 Å². The van der Waals surface area contributed by atoms with Crippen molar-refractivity contribution in [2.24, 2.45) is 0 Å². The number of halogens is 3. The van der Waals surface area contributed by atoms with Crippen molar-refractivity contribution in [3.05, 3.63) is 63.9 Å². The van der Waals surface area contributed by atoms with Gasteiger partial charge in [0.05, 0.1) is 0 Å². The predicted octanol–water partition coefficient (Wildman–Crippen LogP) is 4.21. The van der Waals surface area contributed by atoms with E-state index in [-0.39, 0.29) is 18.1 Å². The monoisotopic (exact) mass is 482 g/mol. The van der Waals surface area contributed by atoms with E-state index < -0.39 is 29.4 Å². The van der Waals surface area contributed by atoms with Crippen LogP contribution in [0.15, 0.2) is 42.5 Å². The summed E-state index contributed by atoms with van der Waals surface area (Å²) in [7, 11) is 0. The number of benzene rings is 2. The van der Waals surface area contributed by atoms with Crippen LogP contribution in [-0.4, -0.2) is 41.1 Å². The number of thioether (sulfide) groups is 1. The minimum atomic E-state index is -0.821. The molecule has 31 heavy (non-hydrogen) atoms. The van der Waals surface area contributed by atoms with E-state index in [9.17, 15) is 18.8 Å². The molecule has 6 nitrogen and oxygen atoms in total. The number of nitrogens with zero attached hydrogens (tertiary/aromatic N) is 1. The molecule has 2 amide bonds. The molecule has 0 radical (unpaired) electrons. The van der Waals surface area contributed by atoms with Gasteiger partial charge in [-0.2, -0.15) is 0 Å². The lowest BCUT2D eigenvalue weighted by Gasteiger charge is -2.33. The van der Waals surface area contributed by atoms with Crippen LogP contribution in [0.2, 0.25) is 10.0 Å². The van der Waals surface area contributed by atoms with E-state index in [1.54, 1.807) is 12.1 Å². The molecule has 2 atom stereocenters. The van der Waals surface area contributed by atoms with Crippen molar-refractivity contribution in [3.63, 3.8) is 0 Å². The van der Waals surface area contributed by atoms with Gasteiger partial charge in [0, 0.05) is 27.9 Å². The summed E-state index contributed by atoms with van der Waals surface area (Å²) in [6.45, 7) is -0.518. The van der Waals surface area contributed by atoms with Crippen LogP contribution in [0, 0.1) is 5.82 Å². The minimum Gasteiger partial charge on any atom is -0.454 e. The van der Waals surface area contributed by atoms with E-state index in [2.05, 4.69) is 5.32 Å². The number of amides is 2. The Kier molecular flexibility index (Phi) is 6.14. The van der Waals surface area contributed by atoms with Crippen LogP contribution in [0.1, 0.15) is 18.4 Å². The molecular weight excluding hydrogens is 466 g/mol. The molecule has 2 aromatic carbocycles. The first-order valence-electron chi connectivity index (χ1n) is 9.43. The molecule has 1 N–H and O–H groups in total. The SMILES string of the molecule is O=C(COC(=O)C1CSC2(c3ccc(F)cc3)CCC(=O)N12)Nc1cc(Cl)cc(Cl)c1. The van der Waals surface area contributed by atoms with E-state index in [0.717, 1.165) is 5.56 Å². The van der Waals surface area contributed by atoms with Crippen molar-refractivity contribution in [2.75, 3.05) is 17.7 Å². The number of rotatable bonds is 5. The fraction of sp³-hybridized carbons (Fsp3) is 0.286. The summed E-state index contributed by atoms with van der Waals surface area (Å²) in [5.41, 5.74) is 1.13. The molecule has 2 heterocycles. The highest BCUT2D eigenvalue weighted by atomic mass is 35.5. The lowest BCUT2D eigenvalue weighted by atomic mass is 10.0. The highest BCUT2D eigenvalue weighted by Crippen LogP contribution is 2.54. The summed E-state index contributed by atoms with van der Waals surface area (Å²) >= 11 is 13.3. The number of ether oxygens (including phenoxy) is 1. The van der Waals surface area contributed by atoms with Crippen LogP contribution in [0.4, 0.5) is 10.1 Å². The second-order valence-electron chi connectivity index (χ2n) is 7.20. The molecule has 2 aliphatic rings. The van der Waals surface area contributed by atoms with Gasteiger partial charge in [-0.05, 0) is 42.3 Å². The van der Waals surface area contributed by atoms with Crippen LogP contribution in [0.3, 0.4) is 0 Å². The minimum absolute atomic E-state index is 0.172. The molecule has 2 fully saturated rings. The molecule has 0 saturated carbocycles. The van der Waals surface area contributed by atoms with Gasteiger partial charge in [-0.15, -0.1) is 11.8 Å². The fourth-order valence-electron chi connectivity index (χ4n) is 3.88. The highest BCUT2D eigenvalue weighted by Gasteiger charge is 2.57. The number of carbonyl (C=O) groups excluding carboxylic acids is 3. The first-order valence-corrected chi connectivity index (χ1v) is 11.2. The lowest BCUT2D eigenvalue weighted by molar-refractivity contribution is -0.155. The summed E-state index contributed by atoms with van der Waals surface area (Å²) in [5, 5.41) is 3.27. The van der Waals surface area contributed by atoms with E-state index in [0.29, 0.717) is 27.9 Å². The number of nitrogens with one attached hydrogen (secondary N) is 1. The lowest BCUT2D eigenvalue weighted by Crippen LogP contribution is -2.47. The molecular formula is C21H17Cl2FN2O4S. The maximum absolute atomic E-state index is 13.4. The number of esters is 1. The Balaban J connectivity index is 1.42. The average Bonchev–Trinajstić information content (AvgIpc) is 3.25. The fourth-order valence-corrected chi connectivity index (χ4v) is 6.05. The third-order valence-corrected chi connectivity index (χ3v) is 7.22. The zero-order chi connectivity index (χ0) is 22.2. The Hall–Kier alpha value is -2.29. The third-order valence-electron chi connectivity index (χ3n) is 5.19. The van der Waals surface area contributed by atoms with Crippen molar-refractivity contribution in [1.29, 1.82) is 0 Å². The van der Waals surface area contributed by atoms with Crippen molar-refractivity contribution in [3.8, 4) is 0 Å². The van der Waals surface area contributed by atoms with Crippen molar-refractivity contribution >= 4 is 58.4 Å². The second-order valence-corrected chi connectivity index (χ2v) is 9.37. The zero-order valence-electron chi connectivity index (χ0n) is 16.1. The smallest absolute Gasteiger partial charge is 0.330 e. The summed E-state index contributed by atoms with van der Waals surface area (Å²) in [6.07, 6.45) is 0.798. The summed E-state index contributed by atoms with van der Waals surface area (Å²) < 4.78 is 18.6. The Morgan fingerprint density at radius 1 is 1.19 bits per heavy atom. The van der Waals surface area contributed by atoms with Gasteiger partial charge in [-0.3, -0.25) is 9.59 Å². The summed E-state index contributed by atoms with van der Waals surface area (Å²) in [4.78, 5) is 38.3. The van der Waals surface area contributed by atoms with Crippen molar-refractivity contribution in [1.82, 2.24) is 4.90 Å². The Morgan fingerprint density at radius 2 is 1.87 bits per heavy atom. The van der Waals surface area contributed by atoms with Crippen molar-refractivity contribution in [2.45, 2.75) is 23.8 Å². The average molecular weight is 483 g/mol. The number of anilines is 1. The van der Waals surface area contributed by atoms with Crippen molar-refractivity contribution < 1.29 is 23.5 Å². The number of carbonyl (C=O) groups is 3. The van der Waals surface area contributed by atoms with E-state index >= 15 is 0 Å². The summed E-state index contributed by atoms with van der Waals surface area (Å²) in [5.74, 6) is -1.44. The van der Waals surface area contributed by atoms with Crippen LogP contribution < -0.4 is 5.32 Å². The molecule has 0 aromatic heterocycles. The normalized spacial score (nSPS) is 22.4. The zero-order valence-corrected chi connectivity index (χ0v) is 18.4. The van der Waals surface area contributed by atoms with Gasteiger partial charge in [0.15, 0.2) is 6.61 Å². The molecule has 10 heteroatoms. The molecule has 2 unspecified atom stereocenters. The summed E-state index contributed by atoms with van der Waals surface area (Å²) in [6, 6.07) is 9.67. The number of hydrogen-bond acceptors (Lipinski definition) is 5. The van der Waals surface area contributed by atoms with E-state index in [4.69, 9.17) is 27.9 Å². The molecule has 2 saturated heterocycles. The van der Waals surface area contributed by atoms with Gasteiger partial charge in [0.1, 0.15) is 16.7 Å². The highest BCUT2D eigenvalue weighted by molar-refractivity contribution is 8.00. The molecule has 0 bridgehead atoms. The van der Waals surface area contributed by atoms with Crippen LogP contribution in [0.5, 0.6) is 0 Å². The predicted molar refractivity (Wildman–Crippen MR) is 116 cm³/mol. The van der Waals surface area contributed by atoms with Gasteiger partial charge >= 0.3 is 5.97 Å². The van der Waals surface area contributed by atoms with Gasteiger partial charge in [0.25, 0.3) is 5.91 Å². The first kappa shape index (κ1) is 21.9. The Bertz CT molecular complexity index is 1030. The molecule has 2 aliphatic heterocycles. The Morgan fingerprint density at radius 3 is 2.55 bits per heavy atom. The van der Waals surface area contributed by atoms with Gasteiger partial charge in [-0.1, -0.05) is 35.3 Å². The molecule has 4 rings (SSSR count). The number of hydrogen-bond donors (Lipinski definition) is 1.